The summed E-state index contributed by atoms with van der Waals surface area (Å²) in [4.78, 5) is 3.26. The van der Waals surface area contributed by atoms with E-state index in [9.17, 15) is 5.11 Å². The van der Waals surface area contributed by atoms with Gasteiger partial charge in [-0.05, 0) is 37.8 Å². The molecule has 0 radical (unpaired) electrons. The van der Waals surface area contributed by atoms with Crippen molar-refractivity contribution in [3.63, 3.8) is 0 Å². The minimum Gasteiger partial charge on any atom is -0.392 e. The molecule has 1 fully saturated rings. The van der Waals surface area contributed by atoms with E-state index in [1.807, 2.05) is 30.8 Å². The van der Waals surface area contributed by atoms with Crippen LogP contribution in [0.25, 0.3) is 0 Å². The topological polar surface area (TPSA) is 23.5 Å². The van der Waals surface area contributed by atoms with Crippen LogP contribution >= 0.6 is 35.7 Å². The van der Waals surface area contributed by atoms with Crippen LogP contribution in [0.1, 0.15) is 44.9 Å². The lowest BCUT2D eigenvalue weighted by molar-refractivity contribution is 0.0979. The fourth-order valence-corrected chi connectivity index (χ4v) is 5.71. The highest BCUT2D eigenvalue weighted by Gasteiger charge is 2.39. The van der Waals surface area contributed by atoms with Crippen molar-refractivity contribution < 1.29 is 5.11 Å². The van der Waals surface area contributed by atoms with Crippen molar-refractivity contribution in [3.8, 4) is 0 Å². The first kappa shape index (κ1) is 20.1. The minimum atomic E-state index is -0.239. The fraction of sp³-hybridized carbons (Fsp3) is 0.632. The normalized spacial score (nSPS) is 18.1. The molecule has 1 aromatic rings. The fourth-order valence-electron chi connectivity index (χ4n) is 3.21. The Morgan fingerprint density at radius 1 is 1.21 bits per heavy atom. The summed E-state index contributed by atoms with van der Waals surface area (Å²) in [5.41, 5.74) is 0. The average Bonchev–Trinajstić information content (AvgIpc) is 2.59. The first-order valence-corrected chi connectivity index (χ1v) is 11.0. The Morgan fingerprint density at radius 3 is 2.50 bits per heavy atom. The molecule has 1 saturated carbocycles. The van der Waals surface area contributed by atoms with E-state index in [2.05, 4.69) is 30.3 Å². The second-order valence-corrected chi connectivity index (χ2v) is 9.92. The number of aliphatic hydroxyl groups is 1. The maximum Gasteiger partial charge on any atom is 0.135 e. The standard InChI is InChI=1S/C19H29NOS3/c1-20(2)18(22)23-15-9-12-17(21)19(13-7-4-8-14-19)24-16-10-5-3-6-11-16/h3,5-6,10-11,17,21H,4,7-9,12-15H2,1-2H3. The van der Waals surface area contributed by atoms with Crippen LogP contribution in [-0.2, 0) is 0 Å². The van der Waals surface area contributed by atoms with Crippen LogP contribution in [0.4, 0.5) is 0 Å². The molecule has 0 aromatic heterocycles. The minimum absolute atomic E-state index is 0.00761. The van der Waals surface area contributed by atoms with Crippen LogP contribution in [0.3, 0.4) is 0 Å². The molecule has 0 heterocycles. The predicted octanol–water partition coefficient (Wildman–Crippen LogP) is 5.20. The molecular weight excluding hydrogens is 354 g/mol. The van der Waals surface area contributed by atoms with Gasteiger partial charge >= 0.3 is 0 Å². The second-order valence-electron chi connectivity index (χ2n) is 6.71. The second kappa shape index (κ2) is 10.0. The summed E-state index contributed by atoms with van der Waals surface area (Å²) < 4.78 is 0.919. The first-order valence-electron chi connectivity index (χ1n) is 8.80. The van der Waals surface area contributed by atoms with Crippen LogP contribution < -0.4 is 0 Å². The largest absolute Gasteiger partial charge is 0.392 e. The zero-order chi connectivity index (χ0) is 17.4. The highest BCUT2D eigenvalue weighted by molar-refractivity contribution is 8.22. The molecule has 1 unspecified atom stereocenters. The van der Waals surface area contributed by atoms with Gasteiger partial charge in [-0.15, -0.1) is 11.8 Å². The molecule has 0 spiro atoms. The highest BCUT2D eigenvalue weighted by atomic mass is 32.2. The molecule has 1 atom stereocenters. The summed E-state index contributed by atoms with van der Waals surface area (Å²) in [6, 6.07) is 10.6. The third-order valence-electron chi connectivity index (χ3n) is 4.58. The van der Waals surface area contributed by atoms with Crippen LogP contribution in [-0.4, -0.2) is 45.0 Å². The summed E-state index contributed by atoms with van der Waals surface area (Å²) >= 11 is 8.93. The quantitative estimate of drug-likeness (QED) is 0.515. The van der Waals surface area contributed by atoms with Gasteiger partial charge in [-0.2, -0.15) is 0 Å². The maximum absolute atomic E-state index is 11.0. The molecule has 2 rings (SSSR count). The van der Waals surface area contributed by atoms with Crippen LogP contribution in [0.5, 0.6) is 0 Å². The van der Waals surface area contributed by atoms with Crippen LogP contribution in [0.2, 0.25) is 0 Å². The smallest absolute Gasteiger partial charge is 0.135 e. The Bertz CT molecular complexity index is 501. The Kier molecular flexibility index (Phi) is 8.41. The molecule has 134 valence electrons. The molecule has 1 aromatic carbocycles. The van der Waals surface area contributed by atoms with Gasteiger partial charge < -0.3 is 10.0 Å². The molecule has 0 saturated heterocycles. The number of hydrogen-bond donors (Lipinski definition) is 1. The van der Waals surface area contributed by atoms with E-state index in [4.69, 9.17) is 12.2 Å². The average molecular weight is 384 g/mol. The van der Waals surface area contributed by atoms with Gasteiger partial charge in [0.1, 0.15) is 4.32 Å². The third kappa shape index (κ3) is 5.94. The number of aliphatic hydroxyl groups excluding tert-OH is 1. The molecule has 0 amide bonds. The molecular formula is C19H29NOS3. The van der Waals surface area contributed by atoms with E-state index in [0.29, 0.717) is 0 Å². The van der Waals surface area contributed by atoms with Crippen molar-refractivity contribution >= 4 is 40.1 Å². The monoisotopic (exact) mass is 383 g/mol. The Morgan fingerprint density at radius 2 is 1.88 bits per heavy atom. The zero-order valence-corrected chi connectivity index (χ0v) is 17.2. The summed E-state index contributed by atoms with van der Waals surface area (Å²) in [6.45, 7) is 0. The van der Waals surface area contributed by atoms with Gasteiger partial charge in [0.2, 0.25) is 0 Å². The summed E-state index contributed by atoms with van der Waals surface area (Å²) in [6.07, 6.45) is 7.65. The molecule has 24 heavy (non-hydrogen) atoms. The van der Waals surface area contributed by atoms with Gasteiger partial charge in [0.25, 0.3) is 0 Å². The van der Waals surface area contributed by atoms with E-state index in [1.165, 1.54) is 24.2 Å². The van der Waals surface area contributed by atoms with Crippen molar-refractivity contribution in [3.05, 3.63) is 30.3 Å². The van der Waals surface area contributed by atoms with Gasteiger partial charge in [-0.1, -0.05) is 61.4 Å². The van der Waals surface area contributed by atoms with Crippen molar-refractivity contribution in [1.29, 1.82) is 0 Å². The Balaban J connectivity index is 1.90. The molecule has 2 nitrogen and oxygen atoms in total. The lowest BCUT2D eigenvalue weighted by Crippen LogP contribution is -2.41. The van der Waals surface area contributed by atoms with E-state index in [1.54, 1.807) is 11.8 Å². The van der Waals surface area contributed by atoms with E-state index < -0.39 is 0 Å². The van der Waals surface area contributed by atoms with Crippen molar-refractivity contribution in [2.75, 3.05) is 19.8 Å². The number of benzene rings is 1. The number of hydrogen-bond acceptors (Lipinski definition) is 4. The van der Waals surface area contributed by atoms with Crippen LogP contribution in [0, 0.1) is 0 Å². The SMILES string of the molecule is CN(C)C(=S)SCCCC(O)C1(Sc2ccccc2)CCCCC1. The van der Waals surface area contributed by atoms with Gasteiger partial charge in [0.05, 0.1) is 6.10 Å². The predicted molar refractivity (Wildman–Crippen MR) is 112 cm³/mol. The van der Waals surface area contributed by atoms with E-state index in [-0.39, 0.29) is 10.9 Å². The number of thiocarbonyl (C=S) groups is 1. The van der Waals surface area contributed by atoms with Crippen LogP contribution in [0.15, 0.2) is 35.2 Å². The molecule has 1 N–H and O–H groups in total. The molecule has 0 bridgehead atoms. The van der Waals surface area contributed by atoms with E-state index >= 15 is 0 Å². The Labute approximate surface area is 160 Å². The molecule has 0 aliphatic heterocycles. The first-order chi connectivity index (χ1) is 11.5. The number of thioether (sulfide) groups is 2. The summed E-state index contributed by atoms with van der Waals surface area (Å²) in [5.74, 6) is 0.986. The highest BCUT2D eigenvalue weighted by Crippen LogP contribution is 2.47. The molecule has 5 heteroatoms. The summed E-state index contributed by atoms with van der Waals surface area (Å²) in [7, 11) is 3.97. The van der Waals surface area contributed by atoms with Gasteiger partial charge in [0.15, 0.2) is 0 Å². The van der Waals surface area contributed by atoms with Gasteiger partial charge in [-0.3, -0.25) is 0 Å². The molecule has 1 aliphatic rings. The lowest BCUT2D eigenvalue weighted by Gasteiger charge is -2.41. The zero-order valence-electron chi connectivity index (χ0n) is 14.7. The maximum atomic E-state index is 11.0. The van der Waals surface area contributed by atoms with Gasteiger partial charge in [0, 0.05) is 29.5 Å². The number of nitrogens with zero attached hydrogens (tertiary/aromatic N) is 1. The van der Waals surface area contributed by atoms with E-state index in [0.717, 1.165) is 35.8 Å². The third-order valence-corrected chi connectivity index (χ3v) is 8.00. The molecule has 1 aliphatic carbocycles. The summed E-state index contributed by atoms with van der Waals surface area (Å²) in [5, 5.41) is 11.0. The Hall–Kier alpha value is -0.230. The van der Waals surface area contributed by atoms with Crippen molar-refractivity contribution in [2.24, 2.45) is 0 Å². The van der Waals surface area contributed by atoms with Gasteiger partial charge in [-0.25, -0.2) is 0 Å². The van der Waals surface area contributed by atoms with Crippen molar-refractivity contribution in [1.82, 2.24) is 4.90 Å². The lowest BCUT2D eigenvalue weighted by atomic mass is 9.83. The van der Waals surface area contributed by atoms with Crippen molar-refractivity contribution in [2.45, 2.75) is 60.7 Å². The number of rotatable bonds is 7.